The van der Waals surface area contributed by atoms with Crippen LogP contribution in [0.4, 0.5) is 11.4 Å². The number of thiocarbonyl (C=S) groups is 1. The van der Waals surface area contributed by atoms with Crippen LogP contribution in [-0.2, 0) is 10.0 Å². The van der Waals surface area contributed by atoms with Crippen molar-refractivity contribution in [3.8, 4) is 0 Å². The average molecular weight is 312 g/mol. The van der Waals surface area contributed by atoms with Gasteiger partial charge in [0.05, 0.1) is 5.69 Å². The maximum atomic E-state index is 12.1. The number of fused-ring (bicyclic) bond motifs is 1. The topological polar surface area (TPSA) is 64.7 Å². The molecule has 1 saturated heterocycles. The van der Waals surface area contributed by atoms with Crippen LogP contribution >= 0.6 is 12.2 Å². The summed E-state index contributed by atoms with van der Waals surface area (Å²) in [7, 11) is -1.47. The summed E-state index contributed by atoms with van der Waals surface area (Å²) in [4.78, 5) is 4.71. The normalized spacial score (nSPS) is 21.9. The molecule has 0 radical (unpaired) electrons. The summed E-state index contributed by atoms with van der Waals surface area (Å²) in [5.41, 5.74) is 1.46. The molecule has 0 amide bonds. The van der Waals surface area contributed by atoms with Gasteiger partial charge in [0.25, 0.3) is 10.0 Å². The van der Waals surface area contributed by atoms with E-state index in [-0.39, 0.29) is 10.0 Å². The molecule has 0 aromatic heterocycles. The first kappa shape index (κ1) is 13.6. The Hall–Kier alpha value is -1.38. The van der Waals surface area contributed by atoms with E-state index in [9.17, 15) is 8.42 Å². The highest BCUT2D eigenvalue weighted by molar-refractivity contribution is 7.92. The van der Waals surface area contributed by atoms with Crippen LogP contribution in [0.3, 0.4) is 0 Å². The maximum Gasteiger partial charge on any atom is 0.265 e. The van der Waals surface area contributed by atoms with E-state index in [1.807, 2.05) is 6.07 Å². The molecule has 0 saturated carbocycles. The number of likely N-dealkylation sites (N-methyl/N-ethyl adjacent to an activating group) is 1. The lowest BCUT2D eigenvalue weighted by Crippen LogP contribution is -2.44. The Kier molecular flexibility index (Phi) is 3.31. The number of nitrogens with one attached hydrogen (secondary N) is 2. The lowest BCUT2D eigenvalue weighted by atomic mass is 10.2. The van der Waals surface area contributed by atoms with Crippen LogP contribution in [0.25, 0.3) is 0 Å². The van der Waals surface area contributed by atoms with Gasteiger partial charge in [-0.3, -0.25) is 4.72 Å². The summed E-state index contributed by atoms with van der Waals surface area (Å²) < 4.78 is 26.5. The summed E-state index contributed by atoms with van der Waals surface area (Å²) >= 11 is 4.88. The minimum absolute atomic E-state index is 0.116. The number of rotatable bonds is 1. The van der Waals surface area contributed by atoms with Crippen LogP contribution in [0, 0.1) is 0 Å². The van der Waals surface area contributed by atoms with Crippen molar-refractivity contribution >= 4 is 38.7 Å². The smallest absolute Gasteiger partial charge is 0.265 e. The Bertz CT molecular complexity index is 651. The molecule has 1 aromatic carbocycles. The van der Waals surface area contributed by atoms with E-state index in [1.54, 1.807) is 12.1 Å². The van der Waals surface area contributed by atoms with Gasteiger partial charge < -0.3 is 15.1 Å². The molecule has 8 heteroatoms. The monoisotopic (exact) mass is 312 g/mol. The zero-order chi connectivity index (χ0) is 14.3. The van der Waals surface area contributed by atoms with Gasteiger partial charge in [0.15, 0.2) is 5.11 Å². The van der Waals surface area contributed by atoms with Crippen molar-refractivity contribution in [2.75, 3.05) is 43.4 Å². The zero-order valence-corrected chi connectivity index (χ0v) is 12.7. The molecule has 0 atom stereocenters. The first-order valence-corrected chi connectivity index (χ1v) is 8.26. The molecule has 2 heterocycles. The van der Waals surface area contributed by atoms with Gasteiger partial charge in [0.1, 0.15) is 4.90 Å². The van der Waals surface area contributed by atoms with Gasteiger partial charge in [-0.15, -0.1) is 0 Å². The van der Waals surface area contributed by atoms with E-state index < -0.39 is 10.0 Å². The van der Waals surface area contributed by atoms with Gasteiger partial charge in [-0.25, -0.2) is 8.42 Å². The third kappa shape index (κ3) is 2.46. The zero-order valence-electron chi connectivity index (χ0n) is 11.1. The van der Waals surface area contributed by atoms with Crippen LogP contribution in [-0.4, -0.2) is 51.7 Å². The second-order valence-corrected chi connectivity index (χ2v) is 7.09. The SMILES string of the molecule is CN1CCN(c2ccc3c(c2)S(=O)(=O)NC(=S)N3)CC1. The van der Waals surface area contributed by atoms with Gasteiger partial charge in [0.2, 0.25) is 0 Å². The van der Waals surface area contributed by atoms with E-state index in [2.05, 4.69) is 26.9 Å². The third-order valence-corrected chi connectivity index (χ3v) is 5.32. The molecule has 1 aromatic rings. The number of benzene rings is 1. The van der Waals surface area contributed by atoms with Gasteiger partial charge in [-0.05, 0) is 37.5 Å². The Morgan fingerprint density at radius 1 is 1.20 bits per heavy atom. The molecule has 3 rings (SSSR count). The van der Waals surface area contributed by atoms with E-state index in [0.29, 0.717) is 5.69 Å². The molecular formula is C12H16N4O2S2. The predicted molar refractivity (Wildman–Crippen MR) is 82.7 cm³/mol. The van der Waals surface area contributed by atoms with E-state index in [4.69, 9.17) is 12.2 Å². The fourth-order valence-electron chi connectivity index (χ4n) is 2.42. The molecule has 0 aliphatic carbocycles. The summed E-state index contributed by atoms with van der Waals surface area (Å²) in [5.74, 6) is 0. The number of hydrogen-bond acceptors (Lipinski definition) is 5. The van der Waals surface area contributed by atoms with E-state index >= 15 is 0 Å². The number of sulfonamides is 1. The second-order valence-electron chi connectivity index (χ2n) is 5.03. The van der Waals surface area contributed by atoms with Crippen LogP contribution in [0.2, 0.25) is 0 Å². The van der Waals surface area contributed by atoms with Gasteiger partial charge in [0, 0.05) is 31.9 Å². The molecule has 0 bridgehead atoms. The predicted octanol–water partition coefficient (Wildman–Crippen LogP) is 0.427. The number of hydrogen-bond donors (Lipinski definition) is 2. The van der Waals surface area contributed by atoms with Gasteiger partial charge in [-0.1, -0.05) is 0 Å². The van der Waals surface area contributed by atoms with Crippen LogP contribution in [0.1, 0.15) is 0 Å². The van der Waals surface area contributed by atoms with Crippen molar-refractivity contribution in [3.63, 3.8) is 0 Å². The molecule has 0 unspecified atom stereocenters. The minimum atomic E-state index is -3.55. The quantitative estimate of drug-likeness (QED) is 0.733. The highest BCUT2D eigenvalue weighted by atomic mass is 32.2. The lowest BCUT2D eigenvalue weighted by molar-refractivity contribution is 0.313. The third-order valence-electron chi connectivity index (χ3n) is 3.60. The number of piperazine rings is 1. The average Bonchev–Trinajstić information content (AvgIpc) is 2.38. The fourth-order valence-corrected chi connectivity index (χ4v) is 3.95. The first-order chi connectivity index (χ1) is 9.45. The molecule has 1 fully saturated rings. The molecule has 20 heavy (non-hydrogen) atoms. The molecule has 2 N–H and O–H groups in total. The highest BCUT2D eigenvalue weighted by Gasteiger charge is 2.27. The minimum Gasteiger partial charge on any atom is -0.369 e. The molecular weight excluding hydrogens is 296 g/mol. The Morgan fingerprint density at radius 3 is 2.60 bits per heavy atom. The summed E-state index contributed by atoms with van der Waals surface area (Å²) in [5, 5.41) is 2.98. The highest BCUT2D eigenvalue weighted by Crippen LogP contribution is 2.29. The molecule has 108 valence electrons. The van der Waals surface area contributed by atoms with Crippen LogP contribution < -0.4 is 14.9 Å². The number of anilines is 2. The molecule has 0 spiro atoms. The van der Waals surface area contributed by atoms with Crippen molar-refractivity contribution < 1.29 is 8.42 Å². The fraction of sp³-hybridized carbons (Fsp3) is 0.417. The summed E-state index contributed by atoms with van der Waals surface area (Å²) in [6.45, 7) is 3.75. The Morgan fingerprint density at radius 2 is 1.90 bits per heavy atom. The van der Waals surface area contributed by atoms with Crippen molar-refractivity contribution in [2.45, 2.75) is 4.90 Å². The molecule has 2 aliphatic heterocycles. The van der Waals surface area contributed by atoms with Gasteiger partial charge >= 0.3 is 0 Å². The van der Waals surface area contributed by atoms with E-state index in [1.165, 1.54) is 0 Å². The van der Waals surface area contributed by atoms with Gasteiger partial charge in [-0.2, -0.15) is 0 Å². The molecule has 6 nitrogen and oxygen atoms in total. The first-order valence-electron chi connectivity index (χ1n) is 6.37. The van der Waals surface area contributed by atoms with Crippen molar-refractivity contribution in [1.29, 1.82) is 0 Å². The summed E-state index contributed by atoms with van der Waals surface area (Å²) in [6.07, 6.45) is 0. The standard InChI is InChI=1S/C12H16N4O2S2/c1-15-4-6-16(7-5-15)9-2-3-10-11(8-9)20(17,18)14-12(19)13-10/h2-3,8H,4-7H2,1H3,(H2,13,14,19). The van der Waals surface area contributed by atoms with Crippen molar-refractivity contribution in [1.82, 2.24) is 9.62 Å². The molecule has 2 aliphatic rings. The van der Waals surface area contributed by atoms with Crippen LogP contribution in [0.5, 0.6) is 0 Å². The van der Waals surface area contributed by atoms with Crippen molar-refractivity contribution in [3.05, 3.63) is 18.2 Å². The maximum absolute atomic E-state index is 12.1. The van der Waals surface area contributed by atoms with Crippen LogP contribution in [0.15, 0.2) is 23.1 Å². The largest absolute Gasteiger partial charge is 0.369 e. The van der Waals surface area contributed by atoms with E-state index in [0.717, 1.165) is 31.9 Å². The Labute approximate surface area is 123 Å². The van der Waals surface area contributed by atoms with Crippen molar-refractivity contribution in [2.24, 2.45) is 0 Å². The summed E-state index contributed by atoms with van der Waals surface area (Å²) in [6, 6.07) is 5.41. The number of nitrogens with zero attached hydrogens (tertiary/aromatic N) is 2. The second kappa shape index (κ2) is 4.87. The lowest BCUT2D eigenvalue weighted by Gasteiger charge is -2.34. The Balaban J connectivity index is 1.95.